The molecule has 0 radical (unpaired) electrons. The zero-order valence-corrected chi connectivity index (χ0v) is 18.6. The van der Waals surface area contributed by atoms with Crippen molar-refractivity contribution in [1.82, 2.24) is 19.7 Å². The SMILES string of the molecule is O=C(NCc1cccc(Cl)c1F)c1cn2c(c(O)c1=O)C(=O)N1CCCN(CC3CC3)C1C2. The van der Waals surface area contributed by atoms with E-state index in [0.29, 0.717) is 19.0 Å². The lowest BCUT2D eigenvalue weighted by Crippen LogP contribution is -2.61. The summed E-state index contributed by atoms with van der Waals surface area (Å²) in [5.74, 6) is -1.91. The van der Waals surface area contributed by atoms with E-state index >= 15 is 0 Å². The number of carbonyl (C=O) groups excluding carboxylic acids is 2. The number of fused-ring (bicyclic) bond motifs is 2. The number of halogens is 2. The average molecular weight is 475 g/mol. The Morgan fingerprint density at radius 1 is 1.24 bits per heavy atom. The monoisotopic (exact) mass is 474 g/mol. The van der Waals surface area contributed by atoms with Crippen LogP contribution in [0.4, 0.5) is 4.39 Å². The number of amides is 2. The Morgan fingerprint density at radius 3 is 2.79 bits per heavy atom. The van der Waals surface area contributed by atoms with Gasteiger partial charge in [-0.2, -0.15) is 0 Å². The fourth-order valence-electron chi connectivity index (χ4n) is 4.68. The molecule has 5 rings (SSSR count). The zero-order valence-electron chi connectivity index (χ0n) is 17.9. The molecular weight excluding hydrogens is 451 g/mol. The Morgan fingerprint density at radius 2 is 2.03 bits per heavy atom. The van der Waals surface area contributed by atoms with Gasteiger partial charge in [0.15, 0.2) is 11.4 Å². The van der Waals surface area contributed by atoms with Crippen LogP contribution in [0.2, 0.25) is 5.02 Å². The first-order valence-electron chi connectivity index (χ1n) is 11.1. The lowest BCUT2D eigenvalue weighted by atomic mass is 10.1. The molecule has 8 nitrogen and oxygen atoms in total. The lowest BCUT2D eigenvalue weighted by Gasteiger charge is -2.47. The molecule has 0 bridgehead atoms. The van der Waals surface area contributed by atoms with Crippen LogP contribution in [0.1, 0.15) is 45.7 Å². The highest BCUT2D eigenvalue weighted by molar-refractivity contribution is 6.30. The van der Waals surface area contributed by atoms with Crippen molar-refractivity contribution in [2.45, 2.75) is 38.5 Å². The van der Waals surface area contributed by atoms with Crippen molar-refractivity contribution in [2.75, 3.05) is 19.6 Å². The molecule has 1 aromatic carbocycles. The Labute approximate surface area is 194 Å². The molecule has 0 spiro atoms. The normalized spacial score (nSPS) is 20.4. The first kappa shape index (κ1) is 21.9. The number of aromatic nitrogens is 1. The second-order valence-electron chi connectivity index (χ2n) is 8.89. The summed E-state index contributed by atoms with van der Waals surface area (Å²) in [6, 6.07) is 4.43. The molecule has 1 unspecified atom stereocenters. The first-order chi connectivity index (χ1) is 15.8. The van der Waals surface area contributed by atoms with Crippen molar-refractivity contribution in [3.8, 4) is 5.75 Å². The van der Waals surface area contributed by atoms with Crippen LogP contribution in [-0.2, 0) is 13.1 Å². The Balaban J connectivity index is 1.42. The lowest BCUT2D eigenvalue weighted by molar-refractivity contribution is -0.0120. The van der Waals surface area contributed by atoms with Crippen LogP contribution in [0.25, 0.3) is 0 Å². The molecule has 33 heavy (non-hydrogen) atoms. The Bertz CT molecular complexity index is 1200. The minimum Gasteiger partial charge on any atom is -0.503 e. The van der Waals surface area contributed by atoms with Crippen molar-refractivity contribution in [3.05, 3.63) is 62.3 Å². The number of nitrogens with one attached hydrogen (secondary N) is 1. The summed E-state index contributed by atoms with van der Waals surface area (Å²) in [5.41, 5.74) is -1.16. The highest BCUT2D eigenvalue weighted by Gasteiger charge is 2.41. The first-order valence-corrected chi connectivity index (χ1v) is 11.5. The van der Waals surface area contributed by atoms with Gasteiger partial charge in [0.25, 0.3) is 11.8 Å². The van der Waals surface area contributed by atoms with Crippen LogP contribution >= 0.6 is 11.6 Å². The molecule has 3 heterocycles. The maximum absolute atomic E-state index is 14.1. The van der Waals surface area contributed by atoms with E-state index in [4.69, 9.17) is 11.6 Å². The molecule has 1 saturated heterocycles. The van der Waals surface area contributed by atoms with Crippen LogP contribution in [0, 0.1) is 11.7 Å². The van der Waals surface area contributed by atoms with Gasteiger partial charge in [0.2, 0.25) is 5.43 Å². The molecule has 2 N–H and O–H groups in total. The molecule has 1 saturated carbocycles. The second-order valence-corrected chi connectivity index (χ2v) is 9.30. The minimum absolute atomic E-state index is 0.0699. The van der Waals surface area contributed by atoms with E-state index in [1.54, 1.807) is 11.0 Å². The quantitative estimate of drug-likeness (QED) is 0.692. The number of pyridine rings is 1. The number of carbonyl (C=O) groups is 2. The number of hydrogen-bond donors (Lipinski definition) is 2. The van der Waals surface area contributed by atoms with E-state index < -0.39 is 28.8 Å². The van der Waals surface area contributed by atoms with E-state index in [1.807, 2.05) is 0 Å². The molecule has 10 heteroatoms. The molecule has 2 fully saturated rings. The summed E-state index contributed by atoms with van der Waals surface area (Å²) >= 11 is 5.77. The molecule has 3 aliphatic rings. The third-order valence-corrected chi connectivity index (χ3v) is 6.90. The largest absolute Gasteiger partial charge is 0.503 e. The standard InChI is InChI=1S/C23H24ClFN4O4/c24-16-4-1-3-14(18(16)25)9-26-22(32)15-11-28-12-17-27(10-13-5-6-13)7-2-8-29(17)23(33)19(28)21(31)20(15)30/h1,3-4,11,13,17,31H,2,5-10,12H2,(H,26,32). The smallest absolute Gasteiger partial charge is 0.275 e. The second kappa shape index (κ2) is 8.46. The van der Waals surface area contributed by atoms with Gasteiger partial charge in [-0.05, 0) is 31.2 Å². The summed E-state index contributed by atoms with van der Waals surface area (Å²) in [6.45, 7) is 2.52. The van der Waals surface area contributed by atoms with Crippen LogP contribution in [0.15, 0.2) is 29.2 Å². The van der Waals surface area contributed by atoms with Crippen molar-refractivity contribution in [3.63, 3.8) is 0 Å². The number of rotatable bonds is 5. The van der Waals surface area contributed by atoms with E-state index in [-0.39, 0.29) is 34.6 Å². The summed E-state index contributed by atoms with van der Waals surface area (Å²) in [7, 11) is 0. The molecule has 2 aliphatic heterocycles. The Hall–Kier alpha value is -2.91. The van der Waals surface area contributed by atoms with Crippen molar-refractivity contribution in [1.29, 1.82) is 0 Å². The Kier molecular flexibility index (Phi) is 5.62. The minimum atomic E-state index is -0.927. The van der Waals surface area contributed by atoms with Gasteiger partial charge in [-0.3, -0.25) is 19.3 Å². The summed E-state index contributed by atoms with van der Waals surface area (Å²) in [4.78, 5) is 42.6. The fourth-order valence-corrected chi connectivity index (χ4v) is 4.88. The van der Waals surface area contributed by atoms with Gasteiger partial charge in [-0.25, -0.2) is 4.39 Å². The highest BCUT2D eigenvalue weighted by atomic mass is 35.5. The van der Waals surface area contributed by atoms with Gasteiger partial charge in [-0.15, -0.1) is 0 Å². The van der Waals surface area contributed by atoms with Gasteiger partial charge in [0.05, 0.1) is 11.6 Å². The fraction of sp³-hybridized carbons (Fsp3) is 0.435. The molecule has 1 aromatic heterocycles. The third-order valence-electron chi connectivity index (χ3n) is 6.61. The van der Waals surface area contributed by atoms with Crippen molar-refractivity contribution in [2.24, 2.45) is 5.92 Å². The topological polar surface area (TPSA) is 94.9 Å². The van der Waals surface area contributed by atoms with E-state index in [1.165, 1.54) is 35.7 Å². The summed E-state index contributed by atoms with van der Waals surface area (Å²) in [5, 5.41) is 13.0. The van der Waals surface area contributed by atoms with Crippen LogP contribution in [-0.4, -0.2) is 57.1 Å². The number of nitrogens with zero attached hydrogens (tertiary/aromatic N) is 3. The predicted molar refractivity (Wildman–Crippen MR) is 119 cm³/mol. The third kappa shape index (κ3) is 4.00. The van der Waals surface area contributed by atoms with E-state index in [2.05, 4.69) is 10.2 Å². The highest BCUT2D eigenvalue weighted by Crippen LogP contribution is 2.34. The van der Waals surface area contributed by atoms with Gasteiger partial charge in [-0.1, -0.05) is 23.7 Å². The van der Waals surface area contributed by atoms with Gasteiger partial charge >= 0.3 is 0 Å². The van der Waals surface area contributed by atoms with Crippen LogP contribution in [0.3, 0.4) is 0 Å². The van der Waals surface area contributed by atoms with E-state index in [0.717, 1.165) is 19.5 Å². The molecule has 174 valence electrons. The zero-order chi connectivity index (χ0) is 23.3. The van der Waals surface area contributed by atoms with Gasteiger partial charge in [0, 0.05) is 37.9 Å². The predicted octanol–water partition coefficient (Wildman–Crippen LogP) is 2.17. The molecule has 1 aliphatic carbocycles. The van der Waals surface area contributed by atoms with Crippen molar-refractivity contribution < 1.29 is 19.1 Å². The van der Waals surface area contributed by atoms with Gasteiger partial charge < -0.3 is 19.9 Å². The van der Waals surface area contributed by atoms with E-state index in [9.17, 15) is 23.9 Å². The van der Waals surface area contributed by atoms with Crippen LogP contribution in [0.5, 0.6) is 5.75 Å². The molecule has 1 atom stereocenters. The number of aromatic hydroxyl groups is 1. The number of hydrogen-bond acceptors (Lipinski definition) is 5. The van der Waals surface area contributed by atoms with Gasteiger partial charge in [0.1, 0.15) is 17.5 Å². The maximum atomic E-state index is 14.1. The summed E-state index contributed by atoms with van der Waals surface area (Å²) in [6.07, 6.45) is 4.36. The maximum Gasteiger partial charge on any atom is 0.275 e. The number of benzene rings is 1. The molecule has 2 amide bonds. The summed E-state index contributed by atoms with van der Waals surface area (Å²) < 4.78 is 15.6. The van der Waals surface area contributed by atoms with Crippen LogP contribution < -0.4 is 10.7 Å². The molecule has 2 aromatic rings. The van der Waals surface area contributed by atoms with Crippen molar-refractivity contribution >= 4 is 23.4 Å². The average Bonchev–Trinajstić information content (AvgIpc) is 3.61. The molecular formula is C23H24ClFN4O4.